The number of ketones is 1. The van der Waals surface area contributed by atoms with Crippen molar-refractivity contribution < 1.29 is 4.79 Å². The van der Waals surface area contributed by atoms with E-state index in [1.54, 1.807) is 0 Å². The first kappa shape index (κ1) is 12.9. The minimum Gasteiger partial charge on any atom is -0.361 e. The first-order valence-electron chi connectivity index (χ1n) is 6.57. The molecule has 0 bridgehead atoms. The van der Waals surface area contributed by atoms with E-state index in [9.17, 15) is 4.79 Å². The van der Waals surface area contributed by atoms with Crippen LogP contribution in [0.5, 0.6) is 0 Å². The molecule has 96 valence electrons. The van der Waals surface area contributed by atoms with E-state index < -0.39 is 0 Å². The van der Waals surface area contributed by atoms with Crippen molar-refractivity contribution in [2.75, 3.05) is 0 Å². The number of aromatic amines is 1. The number of Topliss-reactive ketones (excluding diaryl/α,β-unsaturated/α-hetero) is 1. The largest absolute Gasteiger partial charge is 0.361 e. The molecule has 1 N–H and O–H groups in total. The molecule has 2 aromatic rings. The van der Waals surface area contributed by atoms with Gasteiger partial charge < -0.3 is 4.98 Å². The second kappa shape index (κ2) is 4.97. The molecule has 0 unspecified atom stereocenters. The average molecular weight is 243 g/mol. The molecule has 18 heavy (non-hydrogen) atoms. The Morgan fingerprint density at radius 1 is 1.22 bits per heavy atom. The molecule has 0 aliphatic rings. The van der Waals surface area contributed by atoms with E-state index in [0.29, 0.717) is 12.2 Å². The van der Waals surface area contributed by atoms with E-state index >= 15 is 0 Å². The molecule has 2 nitrogen and oxygen atoms in total. The summed E-state index contributed by atoms with van der Waals surface area (Å²) in [6.07, 6.45) is 4.62. The van der Waals surface area contributed by atoms with E-state index in [1.807, 2.05) is 26.8 Å². The first-order chi connectivity index (χ1) is 8.48. The van der Waals surface area contributed by atoms with Crippen LogP contribution in [0.15, 0.2) is 30.5 Å². The Morgan fingerprint density at radius 2 is 1.94 bits per heavy atom. The summed E-state index contributed by atoms with van der Waals surface area (Å²) in [5, 5.41) is 1.28. The quantitative estimate of drug-likeness (QED) is 0.861. The van der Waals surface area contributed by atoms with E-state index in [1.165, 1.54) is 16.5 Å². The van der Waals surface area contributed by atoms with E-state index in [4.69, 9.17) is 0 Å². The van der Waals surface area contributed by atoms with Gasteiger partial charge in [0.05, 0.1) is 0 Å². The molecular formula is C16H21NO. The monoisotopic (exact) mass is 243 g/mol. The average Bonchev–Trinajstić information content (AvgIpc) is 2.71. The van der Waals surface area contributed by atoms with Gasteiger partial charge in [-0.3, -0.25) is 4.79 Å². The zero-order valence-corrected chi connectivity index (χ0v) is 11.4. The van der Waals surface area contributed by atoms with Crippen molar-refractivity contribution in [3.05, 3.63) is 36.0 Å². The molecule has 1 heterocycles. The van der Waals surface area contributed by atoms with Gasteiger partial charge in [-0.1, -0.05) is 39.0 Å². The van der Waals surface area contributed by atoms with Crippen LogP contribution in [0.1, 0.15) is 39.2 Å². The van der Waals surface area contributed by atoms with Gasteiger partial charge >= 0.3 is 0 Å². The third-order valence-corrected chi connectivity index (χ3v) is 3.36. The van der Waals surface area contributed by atoms with Gasteiger partial charge in [0.2, 0.25) is 0 Å². The Bertz CT molecular complexity index is 545. The van der Waals surface area contributed by atoms with Crippen LogP contribution in [0.25, 0.3) is 10.9 Å². The van der Waals surface area contributed by atoms with Crippen molar-refractivity contribution in [1.29, 1.82) is 0 Å². The number of hydrogen-bond donors (Lipinski definition) is 1. The summed E-state index contributed by atoms with van der Waals surface area (Å²) in [4.78, 5) is 15.1. The number of aromatic nitrogens is 1. The smallest absolute Gasteiger partial charge is 0.138 e. The Kier molecular flexibility index (Phi) is 3.55. The fourth-order valence-corrected chi connectivity index (χ4v) is 2.15. The van der Waals surface area contributed by atoms with Crippen LogP contribution in [0.2, 0.25) is 0 Å². The lowest BCUT2D eigenvalue weighted by Crippen LogP contribution is -2.19. The van der Waals surface area contributed by atoms with Crippen molar-refractivity contribution in [2.24, 2.45) is 5.41 Å². The zero-order chi connectivity index (χ0) is 13.2. The summed E-state index contributed by atoms with van der Waals surface area (Å²) < 4.78 is 0. The summed E-state index contributed by atoms with van der Waals surface area (Å²) in [7, 11) is 0. The maximum atomic E-state index is 11.8. The Morgan fingerprint density at radius 3 is 2.67 bits per heavy atom. The number of carbonyl (C=O) groups is 1. The fourth-order valence-electron chi connectivity index (χ4n) is 2.15. The molecule has 0 saturated heterocycles. The molecule has 0 aliphatic carbocycles. The normalized spacial score (nSPS) is 11.9. The van der Waals surface area contributed by atoms with Crippen LogP contribution in [0.4, 0.5) is 0 Å². The maximum Gasteiger partial charge on any atom is 0.138 e. The fraction of sp³-hybridized carbons (Fsp3) is 0.438. The van der Waals surface area contributed by atoms with Gasteiger partial charge in [-0.15, -0.1) is 0 Å². The van der Waals surface area contributed by atoms with Gasteiger partial charge in [-0.05, 0) is 24.5 Å². The Labute approximate surface area is 108 Å². The second-order valence-electron chi connectivity index (χ2n) is 5.89. The SMILES string of the molecule is CC(C)(C)C(=O)CCCc1c[nH]c2ccccc12. The van der Waals surface area contributed by atoms with Crippen LogP contribution in [-0.4, -0.2) is 10.8 Å². The predicted octanol–water partition coefficient (Wildman–Crippen LogP) is 4.11. The number of H-pyrrole nitrogens is 1. The van der Waals surface area contributed by atoms with E-state index in [0.717, 1.165) is 12.8 Å². The molecule has 2 heteroatoms. The van der Waals surface area contributed by atoms with Crippen molar-refractivity contribution in [1.82, 2.24) is 4.98 Å². The topological polar surface area (TPSA) is 32.9 Å². The van der Waals surface area contributed by atoms with Gasteiger partial charge in [0.15, 0.2) is 0 Å². The molecule has 0 atom stereocenters. The highest BCUT2D eigenvalue weighted by atomic mass is 16.1. The van der Waals surface area contributed by atoms with Crippen molar-refractivity contribution in [3.63, 3.8) is 0 Å². The molecule has 0 amide bonds. The second-order valence-corrected chi connectivity index (χ2v) is 5.89. The van der Waals surface area contributed by atoms with Crippen molar-refractivity contribution >= 4 is 16.7 Å². The molecule has 0 spiro atoms. The van der Waals surface area contributed by atoms with E-state index in [-0.39, 0.29) is 5.41 Å². The summed E-state index contributed by atoms with van der Waals surface area (Å²) in [6.45, 7) is 5.96. The molecule has 0 aliphatic heterocycles. The molecule has 2 rings (SSSR count). The van der Waals surface area contributed by atoms with Gasteiger partial charge in [0.1, 0.15) is 5.78 Å². The van der Waals surface area contributed by atoms with Gasteiger partial charge in [0.25, 0.3) is 0 Å². The third-order valence-electron chi connectivity index (χ3n) is 3.36. The van der Waals surface area contributed by atoms with Gasteiger partial charge in [0, 0.05) is 28.9 Å². The molecular weight excluding hydrogens is 222 g/mol. The highest BCUT2D eigenvalue weighted by Gasteiger charge is 2.20. The Balaban J connectivity index is 1.97. The molecule has 1 aromatic carbocycles. The Hall–Kier alpha value is -1.57. The van der Waals surface area contributed by atoms with Crippen molar-refractivity contribution in [3.8, 4) is 0 Å². The minimum atomic E-state index is -0.208. The number of nitrogens with one attached hydrogen (secondary N) is 1. The van der Waals surface area contributed by atoms with Crippen LogP contribution in [0.3, 0.4) is 0 Å². The molecule has 0 saturated carbocycles. The molecule has 1 aromatic heterocycles. The summed E-state index contributed by atoms with van der Waals surface area (Å²) in [6, 6.07) is 8.30. The number of hydrogen-bond acceptors (Lipinski definition) is 1. The van der Waals surface area contributed by atoms with Gasteiger partial charge in [-0.25, -0.2) is 0 Å². The lowest BCUT2D eigenvalue weighted by Gasteiger charge is -2.16. The number of fused-ring (bicyclic) bond motifs is 1. The summed E-state index contributed by atoms with van der Waals surface area (Å²) in [5.74, 6) is 0.349. The highest BCUT2D eigenvalue weighted by Crippen LogP contribution is 2.22. The summed E-state index contributed by atoms with van der Waals surface area (Å²) >= 11 is 0. The predicted molar refractivity (Wildman–Crippen MR) is 75.7 cm³/mol. The lowest BCUT2D eigenvalue weighted by molar-refractivity contribution is -0.126. The number of carbonyl (C=O) groups excluding carboxylic acids is 1. The van der Waals surface area contributed by atoms with Crippen LogP contribution in [-0.2, 0) is 11.2 Å². The van der Waals surface area contributed by atoms with Crippen LogP contribution >= 0.6 is 0 Å². The number of aryl methyl sites for hydroxylation is 1. The third kappa shape index (κ3) is 2.81. The van der Waals surface area contributed by atoms with Crippen molar-refractivity contribution in [2.45, 2.75) is 40.0 Å². The zero-order valence-electron chi connectivity index (χ0n) is 11.4. The van der Waals surface area contributed by atoms with E-state index in [2.05, 4.69) is 29.4 Å². The molecule has 0 fully saturated rings. The van der Waals surface area contributed by atoms with Crippen LogP contribution in [0, 0.1) is 5.41 Å². The first-order valence-corrected chi connectivity index (χ1v) is 6.57. The lowest BCUT2D eigenvalue weighted by atomic mass is 9.87. The highest BCUT2D eigenvalue weighted by molar-refractivity contribution is 5.84. The van der Waals surface area contributed by atoms with Crippen LogP contribution < -0.4 is 0 Å². The standard InChI is InChI=1S/C16H21NO/c1-16(2,3)15(18)10-6-7-12-11-17-14-9-5-4-8-13(12)14/h4-5,8-9,11,17H,6-7,10H2,1-3H3. The van der Waals surface area contributed by atoms with Gasteiger partial charge in [-0.2, -0.15) is 0 Å². The number of rotatable bonds is 4. The number of para-hydroxylation sites is 1. The maximum absolute atomic E-state index is 11.8. The molecule has 0 radical (unpaired) electrons. The summed E-state index contributed by atoms with van der Waals surface area (Å²) in [5.41, 5.74) is 2.28. The number of benzene rings is 1. The minimum absolute atomic E-state index is 0.208.